The van der Waals surface area contributed by atoms with Crippen LogP contribution in [0.1, 0.15) is 25.7 Å². The molecule has 0 saturated carbocycles. The van der Waals surface area contributed by atoms with Gasteiger partial charge in [-0.25, -0.2) is 4.98 Å². The maximum absolute atomic E-state index is 5.67. The quantitative estimate of drug-likeness (QED) is 0.811. The van der Waals surface area contributed by atoms with Crippen molar-refractivity contribution in [3.8, 4) is 0 Å². The molecule has 2 heterocycles. The highest BCUT2D eigenvalue weighted by molar-refractivity contribution is 4.79. The van der Waals surface area contributed by atoms with Gasteiger partial charge in [0.2, 0.25) is 0 Å². The minimum absolute atomic E-state index is 0.710. The van der Waals surface area contributed by atoms with Crippen molar-refractivity contribution in [2.75, 3.05) is 19.6 Å². The van der Waals surface area contributed by atoms with Crippen LogP contribution in [0, 0.1) is 0 Å². The fourth-order valence-electron chi connectivity index (χ4n) is 2.54. The largest absolute Gasteiger partial charge is 0.336 e. The summed E-state index contributed by atoms with van der Waals surface area (Å²) in [5.41, 5.74) is 5.67. The minimum atomic E-state index is 0.710. The highest BCUT2D eigenvalue weighted by atomic mass is 15.2. The van der Waals surface area contributed by atoms with E-state index in [1.54, 1.807) is 0 Å². The number of aromatic nitrogens is 2. The number of rotatable bonds is 5. The van der Waals surface area contributed by atoms with Gasteiger partial charge in [0.15, 0.2) is 0 Å². The van der Waals surface area contributed by atoms with Gasteiger partial charge in [-0.15, -0.1) is 0 Å². The number of likely N-dealkylation sites (tertiary alicyclic amines) is 1. The third kappa shape index (κ3) is 3.06. The Bertz CT molecular complexity index is 281. The Hall–Kier alpha value is -0.870. The number of nitrogens with zero attached hydrogens (tertiary/aromatic N) is 3. The standard InChI is InChI=1S/C12H22N4/c13-5-4-12-3-1-2-7-16(12)10-9-15-8-6-14-11-15/h6,8,11-12H,1-5,7,9-10,13H2. The number of piperidine rings is 1. The maximum Gasteiger partial charge on any atom is 0.0946 e. The van der Waals surface area contributed by atoms with Crippen molar-refractivity contribution in [2.45, 2.75) is 38.3 Å². The third-order valence-electron chi connectivity index (χ3n) is 3.45. The molecule has 0 bridgehead atoms. The number of imidazole rings is 1. The van der Waals surface area contributed by atoms with E-state index in [1.807, 2.05) is 18.7 Å². The lowest BCUT2D eigenvalue weighted by Gasteiger charge is -2.35. The summed E-state index contributed by atoms with van der Waals surface area (Å²) >= 11 is 0. The zero-order chi connectivity index (χ0) is 11.2. The monoisotopic (exact) mass is 222 g/mol. The molecular formula is C12H22N4. The summed E-state index contributed by atoms with van der Waals surface area (Å²) in [5.74, 6) is 0. The van der Waals surface area contributed by atoms with Crippen LogP contribution in [-0.2, 0) is 6.54 Å². The predicted molar refractivity (Wildman–Crippen MR) is 65.1 cm³/mol. The average Bonchev–Trinajstić information content (AvgIpc) is 2.81. The van der Waals surface area contributed by atoms with E-state index in [1.165, 1.54) is 25.8 Å². The van der Waals surface area contributed by atoms with E-state index in [2.05, 4.69) is 14.5 Å². The van der Waals surface area contributed by atoms with Crippen molar-refractivity contribution < 1.29 is 0 Å². The van der Waals surface area contributed by atoms with E-state index in [-0.39, 0.29) is 0 Å². The molecular weight excluding hydrogens is 200 g/mol. The maximum atomic E-state index is 5.67. The summed E-state index contributed by atoms with van der Waals surface area (Å²) in [4.78, 5) is 6.66. The van der Waals surface area contributed by atoms with Gasteiger partial charge >= 0.3 is 0 Å². The van der Waals surface area contributed by atoms with Crippen LogP contribution in [0.2, 0.25) is 0 Å². The van der Waals surface area contributed by atoms with Gasteiger partial charge in [-0.3, -0.25) is 4.90 Å². The molecule has 0 aliphatic carbocycles. The van der Waals surface area contributed by atoms with Gasteiger partial charge in [-0.2, -0.15) is 0 Å². The van der Waals surface area contributed by atoms with Gasteiger partial charge in [-0.1, -0.05) is 6.42 Å². The van der Waals surface area contributed by atoms with E-state index >= 15 is 0 Å². The summed E-state index contributed by atoms with van der Waals surface area (Å²) in [7, 11) is 0. The first-order chi connectivity index (χ1) is 7.90. The van der Waals surface area contributed by atoms with Crippen LogP contribution >= 0.6 is 0 Å². The topological polar surface area (TPSA) is 47.1 Å². The number of hydrogen-bond donors (Lipinski definition) is 1. The van der Waals surface area contributed by atoms with Crippen molar-refractivity contribution in [1.82, 2.24) is 14.5 Å². The highest BCUT2D eigenvalue weighted by Gasteiger charge is 2.20. The highest BCUT2D eigenvalue weighted by Crippen LogP contribution is 2.18. The van der Waals surface area contributed by atoms with Crippen LogP contribution in [0.25, 0.3) is 0 Å². The fourth-order valence-corrected chi connectivity index (χ4v) is 2.54. The normalized spacial score (nSPS) is 22.4. The second-order valence-corrected chi connectivity index (χ2v) is 4.56. The molecule has 90 valence electrons. The Morgan fingerprint density at radius 3 is 3.00 bits per heavy atom. The summed E-state index contributed by atoms with van der Waals surface area (Å²) in [6.45, 7) is 4.22. The van der Waals surface area contributed by atoms with Crippen LogP contribution in [-0.4, -0.2) is 40.1 Å². The zero-order valence-electron chi connectivity index (χ0n) is 9.89. The van der Waals surface area contributed by atoms with E-state index in [0.717, 1.165) is 26.1 Å². The molecule has 1 saturated heterocycles. The number of nitrogens with two attached hydrogens (primary N) is 1. The molecule has 1 unspecified atom stereocenters. The van der Waals surface area contributed by atoms with Crippen LogP contribution in [0.15, 0.2) is 18.7 Å². The molecule has 4 nitrogen and oxygen atoms in total. The Morgan fingerprint density at radius 2 is 2.25 bits per heavy atom. The van der Waals surface area contributed by atoms with Gasteiger partial charge in [0, 0.05) is 31.5 Å². The van der Waals surface area contributed by atoms with Crippen molar-refractivity contribution in [3.63, 3.8) is 0 Å². The molecule has 1 atom stereocenters. The first-order valence-electron chi connectivity index (χ1n) is 6.30. The summed E-state index contributed by atoms with van der Waals surface area (Å²) in [6.07, 6.45) is 10.9. The third-order valence-corrected chi connectivity index (χ3v) is 3.45. The molecule has 1 aliphatic rings. The molecule has 1 aromatic heterocycles. The van der Waals surface area contributed by atoms with E-state index in [0.29, 0.717) is 6.04 Å². The molecule has 1 fully saturated rings. The zero-order valence-corrected chi connectivity index (χ0v) is 9.89. The van der Waals surface area contributed by atoms with E-state index < -0.39 is 0 Å². The Labute approximate surface area is 97.4 Å². The molecule has 2 N–H and O–H groups in total. The minimum Gasteiger partial charge on any atom is -0.336 e. The molecule has 1 aliphatic heterocycles. The molecule has 0 amide bonds. The molecule has 4 heteroatoms. The molecule has 16 heavy (non-hydrogen) atoms. The second kappa shape index (κ2) is 6.01. The van der Waals surface area contributed by atoms with Crippen LogP contribution in [0.5, 0.6) is 0 Å². The Balaban J connectivity index is 1.81. The lowest BCUT2D eigenvalue weighted by atomic mass is 9.99. The lowest BCUT2D eigenvalue weighted by molar-refractivity contribution is 0.137. The average molecular weight is 222 g/mol. The van der Waals surface area contributed by atoms with Crippen molar-refractivity contribution in [1.29, 1.82) is 0 Å². The predicted octanol–water partition coefficient (Wildman–Crippen LogP) is 1.09. The van der Waals surface area contributed by atoms with Gasteiger partial charge < -0.3 is 10.3 Å². The van der Waals surface area contributed by atoms with Crippen LogP contribution in [0.4, 0.5) is 0 Å². The van der Waals surface area contributed by atoms with Gasteiger partial charge in [0.05, 0.1) is 6.33 Å². The molecule has 0 aromatic carbocycles. The first kappa shape index (κ1) is 11.6. The fraction of sp³-hybridized carbons (Fsp3) is 0.750. The Kier molecular flexibility index (Phi) is 4.36. The van der Waals surface area contributed by atoms with Crippen molar-refractivity contribution in [3.05, 3.63) is 18.7 Å². The molecule has 1 aromatic rings. The van der Waals surface area contributed by atoms with Gasteiger partial charge in [0.1, 0.15) is 0 Å². The van der Waals surface area contributed by atoms with Crippen molar-refractivity contribution >= 4 is 0 Å². The van der Waals surface area contributed by atoms with Crippen molar-refractivity contribution in [2.24, 2.45) is 5.73 Å². The molecule has 0 radical (unpaired) electrons. The first-order valence-corrected chi connectivity index (χ1v) is 6.30. The molecule has 0 spiro atoms. The SMILES string of the molecule is NCCC1CCCCN1CCn1ccnc1. The lowest BCUT2D eigenvalue weighted by Crippen LogP contribution is -2.42. The van der Waals surface area contributed by atoms with E-state index in [4.69, 9.17) is 5.73 Å². The summed E-state index contributed by atoms with van der Waals surface area (Å²) in [5, 5.41) is 0. The number of hydrogen-bond acceptors (Lipinski definition) is 3. The van der Waals surface area contributed by atoms with Gasteiger partial charge in [0.25, 0.3) is 0 Å². The summed E-state index contributed by atoms with van der Waals surface area (Å²) in [6, 6.07) is 0.710. The van der Waals surface area contributed by atoms with E-state index in [9.17, 15) is 0 Å². The van der Waals surface area contributed by atoms with Crippen LogP contribution in [0.3, 0.4) is 0 Å². The molecule has 2 rings (SSSR count). The summed E-state index contributed by atoms with van der Waals surface area (Å²) < 4.78 is 2.15. The second-order valence-electron chi connectivity index (χ2n) is 4.56. The van der Waals surface area contributed by atoms with Gasteiger partial charge in [-0.05, 0) is 32.4 Å². The Morgan fingerprint density at radius 1 is 1.31 bits per heavy atom. The smallest absolute Gasteiger partial charge is 0.0946 e. The van der Waals surface area contributed by atoms with Crippen LogP contribution < -0.4 is 5.73 Å².